The Balaban J connectivity index is 2.34. The van der Waals surface area contributed by atoms with Crippen molar-refractivity contribution in [3.63, 3.8) is 0 Å². The number of sulfone groups is 1. The van der Waals surface area contributed by atoms with Gasteiger partial charge < -0.3 is 10.4 Å². The van der Waals surface area contributed by atoms with Gasteiger partial charge in [0.25, 0.3) is 0 Å². The van der Waals surface area contributed by atoms with Crippen LogP contribution in [0, 0.1) is 0 Å². The molecule has 0 amide bonds. The first-order valence-electron chi connectivity index (χ1n) is 5.48. The molecule has 1 aliphatic rings. The maximum absolute atomic E-state index is 11.1. The highest BCUT2D eigenvalue weighted by atomic mass is 32.2. The van der Waals surface area contributed by atoms with Crippen LogP contribution in [0.3, 0.4) is 0 Å². The Morgan fingerprint density at radius 2 is 2.13 bits per heavy atom. The first-order valence-corrected chi connectivity index (χ1v) is 7.54. The van der Waals surface area contributed by atoms with E-state index in [2.05, 4.69) is 5.32 Å². The van der Waals surface area contributed by atoms with Crippen molar-refractivity contribution in [3.05, 3.63) is 0 Å². The van der Waals surface area contributed by atoms with E-state index < -0.39 is 9.84 Å². The van der Waals surface area contributed by atoms with Crippen LogP contribution in [0.15, 0.2) is 0 Å². The average Bonchev–Trinajstić information content (AvgIpc) is 1.99. The third-order valence-corrected chi connectivity index (χ3v) is 3.82. The Morgan fingerprint density at radius 3 is 2.67 bits per heavy atom. The van der Waals surface area contributed by atoms with Crippen LogP contribution >= 0.6 is 0 Å². The minimum absolute atomic E-state index is 0.0321. The summed E-state index contributed by atoms with van der Waals surface area (Å²) in [7, 11) is -2.91. The van der Waals surface area contributed by atoms with Crippen molar-refractivity contribution in [3.8, 4) is 0 Å². The van der Waals surface area contributed by atoms with Crippen LogP contribution in [0.5, 0.6) is 0 Å². The number of aliphatic hydroxyl groups excluding tert-OH is 1. The van der Waals surface area contributed by atoms with Gasteiger partial charge in [0.1, 0.15) is 9.84 Å². The first kappa shape index (κ1) is 12.9. The van der Waals surface area contributed by atoms with Crippen molar-refractivity contribution < 1.29 is 13.5 Å². The standard InChI is InChI=1S/C10H21NO3S/c1-8(7-15(2,13)14)11-9-4-3-5-10(12)6-9/h8-12H,3-7H2,1-2H3. The third-order valence-electron chi connectivity index (χ3n) is 2.72. The van der Waals surface area contributed by atoms with Crippen LogP contribution < -0.4 is 5.32 Å². The topological polar surface area (TPSA) is 66.4 Å². The van der Waals surface area contributed by atoms with Crippen LogP contribution in [0.1, 0.15) is 32.6 Å². The summed E-state index contributed by atoms with van der Waals surface area (Å²) in [5.74, 6) is 0.166. The van der Waals surface area contributed by atoms with Gasteiger partial charge in [0.15, 0.2) is 0 Å². The second-order valence-corrected chi connectivity index (χ2v) is 6.86. The quantitative estimate of drug-likeness (QED) is 0.736. The molecule has 0 radical (unpaired) electrons. The van der Waals surface area contributed by atoms with E-state index in [1.807, 2.05) is 6.92 Å². The lowest BCUT2D eigenvalue weighted by Gasteiger charge is -2.29. The van der Waals surface area contributed by atoms with Gasteiger partial charge in [-0.2, -0.15) is 0 Å². The predicted octanol–water partition coefficient (Wildman–Crippen LogP) is 0.313. The summed E-state index contributed by atoms with van der Waals surface area (Å²) in [4.78, 5) is 0. The third kappa shape index (κ3) is 5.49. The highest BCUT2D eigenvalue weighted by Gasteiger charge is 2.22. The molecule has 0 aromatic rings. The van der Waals surface area contributed by atoms with Crippen molar-refractivity contribution in [1.82, 2.24) is 5.32 Å². The van der Waals surface area contributed by atoms with E-state index in [0.717, 1.165) is 25.7 Å². The molecule has 4 nitrogen and oxygen atoms in total. The van der Waals surface area contributed by atoms with E-state index in [4.69, 9.17) is 0 Å². The summed E-state index contributed by atoms with van der Waals surface area (Å²) in [5, 5.41) is 12.7. The Morgan fingerprint density at radius 1 is 1.47 bits per heavy atom. The SMILES string of the molecule is CC(CS(C)(=O)=O)NC1CCCC(O)C1. The van der Waals surface area contributed by atoms with Gasteiger partial charge in [-0.05, 0) is 32.6 Å². The Labute approximate surface area is 92.0 Å². The monoisotopic (exact) mass is 235 g/mol. The molecule has 2 N–H and O–H groups in total. The molecule has 3 atom stereocenters. The molecule has 1 fully saturated rings. The summed E-state index contributed by atoms with van der Waals surface area (Å²) in [6.45, 7) is 1.88. The smallest absolute Gasteiger partial charge is 0.148 e. The molecule has 0 aromatic carbocycles. The van der Waals surface area contributed by atoms with Gasteiger partial charge in [-0.15, -0.1) is 0 Å². The second kappa shape index (κ2) is 5.27. The molecular formula is C10H21NO3S. The van der Waals surface area contributed by atoms with Crippen LogP contribution in [-0.2, 0) is 9.84 Å². The van der Waals surface area contributed by atoms with E-state index in [-0.39, 0.29) is 23.9 Å². The van der Waals surface area contributed by atoms with Crippen molar-refractivity contribution in [2.45, 2.75) is 50.8 Å². The maximum Gasteiger partial charge on any atom is 0.148 e. The number of nitrogens with one attached hydrogen (secondary N) is 1. The number of aliphatic hydroxyl groups is 1. The Kier molecular flexibility index (Phi) is 4.55. The van der Waals surface area contributed by atoms with Gasteiger partial charge in [-0.1, -0.05) is 0 Å². The predicted molar refractivity (Wildman–Crippen MR) is 60.6 cm³/mol. The second-order valence-electron chi connectivity index (χ2n) is 4.68. The molecule has 1 rings (SSSR count). The zero-order valence-electron chi connectivity index (χ0n) is 9.44. The molecular weight excluding hydrogens is 214 g/mol. The van der Waals surface area contributed by atoms with Gasteiger partial charge in [0.2, 0.25) is 0 Å². The van der Waals surface area contributed by atoms with Gasteiger partial charge in [-0.3, -0.25) is 0 Å². The van der Waals surface area contributed by atoms with Crippen molar-refractivity contribution in [2.24, 2.45) is 0 Å². The van der Waals surface area contributed by atoms with Gasteiger partial charge in [-0.25, -0.2) is 8.42 Å². The van der Waals surface area contributed by atoms with Crippen molar-refractivity contribution in [1.29, 1.82) is 0 Å². The minimum atomic E-state index is -2.91. The maximum atomic E-state index is 11.1. The fraction of sp³-hybridized carbons (Fsp3) is 1.00. The fourth-order valence-electron chi connectivity index (χ4n) is 2.22. The highest BCUT2D eigenvalue weighted by Crippen LogP contribution is 2.18. The zero-order chi connectivity index (χ0) is 11.5. The Bertz CT molecular complexity index is 289. The fourth-order valence-corrected chi connectivity index (χ4v) is 3.22. The molecule has 0 heterocycles. The van der Waals surface area contributed by atoms with E-state index in [9.17, 15) is 13.5 Å². The molecule has 5 heteroatoms. The van der Waals surface area contributed by atoms with Gasteiger partial charge in [0, 0.05) is 18.3 Å². The summed E-state index contributed by atoms with van der Waals surface area (Å²) in [6.07, 6.45) is 4.70. The number of rotatable bonds is 4. The molecule has 0 bridgehead atoms. The highest BCUT2D eigenvalue weighted by molar-refractivity contribution is 7.90. The van der Waals surface area contributed by atoms with E-state index in [1.54, 1.807) is 0 Å². The molecule has 90 valence electrons. The minimum Gasteiger partial charge on any atom is -0.393 e. The lowest BCUT2D eigenvalue weighted by Crippen LogP contribution is -2.43. The first-order chi connectivity index (χ1) is 6.87. The van der Waals surface area contributed by atoms with Crippen LogP contribution in [0.2, 0.25) is 0 Å². The molecule has 0 spiro atoms. The van der Waals surface area contributed by atoms with Gasteiger partial charge in [0.05, 0.1) is 11.9 Å². The molecule has 1 aliphatic carbocycles. The average molecular weight is 235 g/mol. The normalized spacial score (nSPS) is 30.1. The Hall–Kier alpha value is -0.130. The number of hydrogen-bond donors (Lipinski definition) is 2. The lowest BCUT2D eigenvalue weighted by molar-refractivity contribution is 0.110. The van der Waals surface area contributed by atoms with Crippen molar-refractivity contribution >= 4 is 9.84 Å². The molecule has 1 saturated carbocycles. The van der Waals surface area contributed by atoms with Crippen LogP contribution in [0.25, 0.3) is 0 Å². The molecule has 0 aliphatic heterocycles. The van der Waals surface area contributed by atoms with Crippen molar-refractivity contribution in [2.75, 3.05) is 12.0 Å². The number of hydrogen-bond acceptors (Lipinski definition) is 4. The van der Waals surface area contributed by atoms with Crippen LogP contribution in [-0.4, -0.2) is 43.7 Å². The summed E-state index contributed by atoms with van der Waals surface area (Å²) >= 11 is 0. The van der Waals surface area contributed by atoms with E-state index in [0.29, 0.717) is 0 Å². The molecule has 15 heavy (non-hydrogen) atoms. The molecule has 0 saturated heterocycles. The summed E-state index contributed by atoms with van der Waals surface area (Å²) in [6, 6.07) is 0.237. The van der Waals surface area contributed by atoms with E-state index in [1.165, 1.54) is 6.26 Å². The summed E-state index contributed by atoms with van der Waals surface area (Å²) in [5.41, 5.74) is 0. The van der Waals surface area contributed by atoms with Crippen LogP contribution in [0.4, 0.5) is 0 Å². The lowest BCUT2D eigenvalue weighted by atomic mass is 9.92. The molecule has 0 aromatic heterocycles. The zero-order valence-corrected chi connectivity index (χ0v) is 10.3. The molecule has 3 unspecified atom stereocenters. The van der Waals surface area contributed by atoms with E-state index >= 15 is 0 Å². The summed E-state index contributed by atoms with van der Waals surface area (Å²) < 4.78 is 22.1. The van der Waals surface area contributed by atoms with Gasteiger partial charge >= 0.3 is 0 Å². The largest absolute Gasteiger partial charge is 0.393 e.